The number of rotatable bonds is 9. The molecule has 1 aromatic rings. The van der Waals surface area contributed by atoms with Crippen LogP contribution in [0.1, 0.15) is 19.8 Å². The number of thioether (sulfide) groups is 1. The standard InChI is InChI=1S/C19H26N2O5S/c1-13-15(19(24)25)8-10-21(13)18(23)16(9-11-27-2)20-17(22)12-26-14-6-4-3-5-7-14/h3-7,13,15-16H,8-12H2,1-2H3,(H,20,22)(H,24,25). The topological polar surface area (TPSA) is 95.9 Å². The number of amides is 2. The number of carboxylic acids is 1. The maximum atomic E-state index is 12.9. The predicted octanol–water partition coefficient (Wildman–Crippen LogP) is 1.62. The van der Waals surface area contributed by atoms with Crippen LogP contribution in [0.15, 0.2) is 30.3 Å². The minimum atomic E-state index is -0.890. The lowest BCUT2D eigenvalue weighted by Gasteiger charge is -2.28. The summed E-state index contributed by atoms with van der Waals surface area (Å²) in [5.74, 6) is -0.766. The summed E-state index contributed by atoms with van der Waals surface area (Å²) in [5.41, 5.74) is 0. The van der Waals surface area contributed by atoms with Gasteiger partial charge in [-0.05, 0) is 43.9 Å². The Balaban J connectivity index is 1.96. The molecule has 7 nitrogen and oxygen atoms in total. The SMILES string of the molecule is CSCCC(NC(=O)COc1ccccc1)C(=O)N1CCC(C(=O)O)C1C. The average Bonchev–Trinajstić information content (AvgIpc) is 3.05. The Hall–Kier alpha value is -2.22. The molecule has 2 N–H and O–H groups in total. The van der Waals surface area contributed by atoms with Gasteiger partial charge in [-0.15, -0.1) is 0 Å². The summed E-state index contributed by atoms with van der Waals surface area (Å²) in [6.07, 6.45) is 2.85. The first kappa shape index (κ1) is 21.1. The number of nitrogens with zero attached hydrogens (tertiary/aromatic N) is 1. The zero-order valence-electron chi connectivity index (χ0n) is 15.6. The van der Waals surface area contributed by atoms with Crippen molar-refractivity contribution in [3.05, 3.63) is 30.3 Å². The second-order valence-electron chi connectivity index (χ2n) is 6.51. The fourth-order valence-electron chi connectivity index (χ4n) is 3.18. The van der Waals surface area contributed by atoms with Crippen molar-refractivity contribution in [3.8, 4) is 5.75 Å². The highest BCUT2D eigenvalue weighted by Crippen LogP contribution is 2.25. The van der Waals surface area contributed by atoms with Crippen LogP contribution >= 0.6 is 11.8 Å². The Morgan fingerprint density at radius 2 is 2.04 bits per heavy atom. The Morgan fingerprint density at radius 1 is 1.33 bits per heavy atom. The molecular weight excluding hydrogens is 368 g/mol. The molecule has 8 heteroatoms. The van der Waals surface area contributed by atoms with E-state index >= 15 is 0 Å². The van der Waals surface area contributed by atoms with E-state index in [1.807, 2.05) is 24.5 Å². The van der Waals surface area contributed by atoms with Gasteiger partial charge in [0.05, 0.1) is 5.92 Å². The molecule has 1 fully saturated rings. The van der Waals surface area contributed by atoms with Crippen molar-refractivity contribution in [1.29, 1.82) is 0 Å². The Morgan fingerprint density at radius 3 is 2.63 bits per heavy atom. The minimum Gasteiger partial charge on any atom is -0.484 e. The fraction of sp³-hybridized carbons (Fsp3) is 0.526. The molecule has 27 heavy (non-hydrogen) atoms. The summed E-state index contributed by atoms with van der Waals surface area (Å²) in [7, 11) is 0. The Kier molecular flexibility index (Phi) is 7.97. The van der Waals surface area contributed by atoms with Crippen molar-refractivity contribution in [2.45, 2.75) is 31.8 Å². The summed E-state index contributed by atoms with van der Waals surface area (Å²) in [5, 5.41) is 12.0. The largest absolute Gasteiger partial charge is 0.484 e. The van der Waals surface area contributed by atoms with Crippen LogP contribution < -0.4 is 10.1 Å². The molecule has 1 saturated heterocycles. The Labute approximate surface area is 163 Å². The highest BCUT2D eigenvalue weighted by atomic mass is 32.2. The van der Waals surface area contributed by atoms with Gasteiger partial charge in [-0.1, -0.05) is 18.2 Å². The number of aliphatic carboxylic acids is 1. The second kappa shape index (κ2) is 10.2. The van der Waals surface area contributed by atoms with Crippen LogP contribution in [-0.4, -0.2) is 65.0 Å². The van der Waals surface area contributed by atoms with Crippen molar-refractivity contribution in [3.63, 3.8) is 0 Å². The van der Waals surface area contributed by atoms with Gasteiger partial charge in [-0.3, -0.25) is 14.4 Å². The lowest BCUT2D eigenvalue weighted by molar-refractivity contribution is -0.144. The van der Waals surface area contributed by atoms with Gasteiger partial charge in [0.25, 0.3) is 5.91 Å². The van der Waals surface area contributed by atoms with Gasteiger partial charge in [0.15, 0.2) is 6.61 Å². The second-order valence-corrected chi connectivity index (χ2v) is 7.49. The van der Waals surface area contributed by atoms with Crippen LogP contribution in [0.4, 0.5) is 0 Å². The molecule has 0 aliphatic carbocycles. The zero-order valence-corrected chi connectivity index (χ0v) is 16.4. The lowest BCUT2D eigenvalue weighted by Crippen LogP contribution is -2.51. The summed E-state index contributed by atoms with van der Waals surface area (Å²) in [4.78, 5) is 38.0. The number of benzene rings is 1. The number of carboxylic acid groups (broad SMARTS) is 1. The van der Waals surface area contributed by atoms with Crippen LogP contribution in [0.5, 0.6) is 5.75 Å². The van der Waals surface area contributed by atoms with E-state index in [4.69, 9.17) is 4.74 Å². The first-order valence-electron chi connectivity index (χ1n) is 8.93. The molecule has 0 spiro atoms. The summed E-state index contributed by atoms with van der Waals surface area (Å²) in [6, 6.07) is 7.91. The maximum Gasteiger partial charge on any atom is 0.308 e. The molecule has 3 unspecified atom stereocenters. The third kappa shape index (κ3) is 5.89. The van der Waals surface area contributed by atoms with E-state index in [9.17, 15) is 19.5 Å². The van der Waals surface area contributed by atoms with Crippen molar-refractivity contribution in [2.24, 2.45) is 5.92 Å². The van der Waals surface area contributed by atoms with Crippen molar-refractivity contribution >= 4 is 29.5 Å². The zero-order chi connectivity index (χ0) is 19.8. The molecule has 0 aromatic heterocycles. The van der Waals surface area contributed by atoms with Gasteiger partial charge < -0.3 is 20.1 Å². The van der Waals surface area contributed by atoms with Gasteiger partial charge in [0, 0.05) is 12.6 Å². The molecule has 0 radical (unpaired) electrons. The quantitative estimate of drug-likeness (QED) is 0.661. The number of para-hydroxylation sites is 1. The molecule has 1 aliphatic heterocycles. The smallest absolute Gasteiger partial charge is 0.308 e. The van der Waals surface area contributed by atoms with E-state index in [1.54, 1.807) is 35.7 Å². The Bertz CT molecular complexity index is 655. The van der Waals surface area contributed by atoms with Gasteiger partial charge in [0.1, 0.15) is 11.8 Å². The molecule has 3 atom stereocenters. The van der Waals surface area contributed by atoms with Crippen LogP contribution in [0, 0.1) is 5.92 Å². The molecule has 148 valence electrons. The molecule has 0 bridgehead atoms. The molecule has 1 aliphatic rings. The highest BCUT2D eigenvalue weighted by Gasteiger charge is 2.40. The van der Waals surface area contributed by atoms with Crippen LogP contribution in [-0.2, 0) is 14.4 Å². The number of ether oxygens (including phenoxy) is 1. The maximum absolute atomic E-state index is 12.9. The molecule has 2 amide bonds. The van der Waals surface area contributed by atoms with Gasteiger partial charge in [-0.2, -0.15) is 11.8 Å². The summed E-state index contributed by atoms with van der Waals surface area (Å²) < 4.78 is 5.43. The van der Waals surface area contributed by atoms with Crippen molar-refractivity contribution in [1.82, 2.24) is 10.2 Å². The van der Waals surface area contributed by atoms with E-state index in [2.05, 4.69) is 5.32 Å². The number of hydrogen-bond donors (Lipinski definition) is 2. The van der Waals surface area contributed by atoms with E-state index < -0.39 is 17.9 Å². The highest BCUT2D eigenvalue weighted by molar-refractivity contribution is 7.98. The third-order valence-corrected chi connectivity index (χ3v) is 5.36. The number of likely N-dealkylation sites (tertiary alicyclic amines) is 1. The molecule has 0 saturated carbocycles. The summed E-state index contributed by atoms with van der Waals surface area (Å²) >= 11 is 1.59. The molecule has 2 rings (SSSR count). The number of carbonyl (C=O) groups is 3. The predicted molar refractivity (Wildman–Crippen MR) is 104 cm³/mol. The number of carbonyl (C=O) groups excluding carboxylic acids is 2. The van der Waals surface area contributed by atoms with E-state index in [1.165, 1.54) is 0 Å². The molecule has 1 aromatic carbocycles. The van der Waals surface area contributed by atoms with E-state index in [-0.39, 0.29) is 24.5 Å². The van der Waals surface area contributed by atoms with E-state index in [0.717, 1.165) is 0 Å². The monoisotopic (exact) mass is 394 g/mol. The number of hydrogen-bond acceptors (Lipinski definition) is 5. The fourth-order valence-corrected chi connectivity index (χ4v) is 3.65. The molecular formula is C19H26N2O5S. The van der Waals surface area contributed by atoms with Crippen LogP contribution in [0.2, 0.25) is 0 Å². The third-order valence-electron chi connectivity index (χ3n) is 4.71. The van der Waals surface area contributed by atoms with Crippen molar-refractivity contribution < 1.29 is 24.2 Å². The normalized spacial score (nSPS) is 20.1. The lowest BCUT2D eigenvalue weighted by atomic mass is 10.0. The summed E-state index contributed by atoms with van der Waals surface area (Å²) in [6.45, 7) is 1.96. The van der Waals surface area contributed by atoms with Gasteiger partial charge in [-0.25, -0.2) is 0 Å². The number of nitrogens with one attached hydrogen (secondary N) is 1. The van der Waals surface area contributed by atoms with Gasteiger partial charge >= 0.3 is 5.97 Å². The molecule has 1 heterocycles. The van der Waals surface area contributed by atoms with E-state index in [0.29, 0.717) is 30.9 Å². The average molecular weight is 394 g/mol. The van der Waals surface area contributed by atoms with Crippen LogP contribution in [0.3, 0.4) is 0 Å². The van der Waals surface area contributed by atoms with Crippen molar-refractivity contribution in [2.75, 3.05) is 25.2 Å². The first-order chi connectivity index (χ1) is 12.9. The minimum absolute atomic E-state index is 0.180. The van der Waals surface area contributed by atoms with Gasteiger partial charge in [0.2, 0.25) is 5.91 Å². The van der Waals surface area contributed by atoms with Crippen LogP contribution in [0.25, 0.3) is 0 Å². The first-order valence-corrected chi connectivity index (χ1v) is 10.3.